The van der Waals surface area contributed by atoms with Gasteiger partial charge in [-0.05, 0) is 39.8 Å². The molecule has 0 aliphatic heterocycles. The van der Waals surface area contributed by atoms with E-state index in [-0.39, 0.29) is 36.5 Å². The van der Waals surface area contributed by atoms with Crippen LogP contribution in [-0.4, -0.2) is 40.6 Å². The highest BCUT2D eigenvalue weighted by Gasteiger charge is 2.21. The van der Waals surface area contributed by atoms with Gasteiger partial charge in [0.15, 0.2) is 0 Å². The number of nitrogens with one attached hydrogen (secondary N) is 2. The number of methoxy groups -OCH3 is 1. The zero-order valence-electron chi connectivity index (χ0n) is 15.4. The molecule has 0 bridgehead atoms. The van der Waals surface area contributed by atoms with Crippen molar-refractivity contribution in [1.82, 2.24) is 20.2 Å². The van der Waals surface area contributed by atoms with E-state index >= 15 is 0 Å². The van der Waals surface area contributed by atoms with Gasteiger partial charge in [0.25, 0.3) is 0 Å². The van der Waals surface area contributed by atoms with Gasteiger partial charge in [-0.1, -0.05) is 12.1 Å². The van der Waals surface area contributed by atoms with E-state index in [4.69, 9.17) is 4.74 Å². The number of amides is 2. The summed E-state index contributed by atoms with van der Waals surface area (Å²) in [5, 5.41) is 5.80. The topological polar surface area (TPSA) is 85.2 Å². The molecule has 0 aliphatic carbocycles. The molecule has 2 N–H and O–H groups in total. The zero-order chi connectivity index (χ0) is 18.6. The summed E-state index contributed by atoms with van der Waals surface area (Å²) in [5.41, 5.74) is 1.33. The summed E-state index contributed by atoms with van der Waals surface area (Å²) in [6.45, 7) is 7.77. The van der Waals surface area contributed by atoms with Crippen LogP contribution < -0.4 is 10.6 Å². The van der Waals surface area contributed by atoms with Crippen molar-refractivity contribution in [3.63, 3.8) is 0 Å². The van der Waals surface area contributed by atoms with Crippen LogP contribution in [0, 0.1) is 0 Å². The average molecular weight is 346 g/mol. The maximum Gasteiger partial charge on any atom is 0.246 e. The third-order valence-electron chi connectivity index (χ3n) is 3.54. The molecule has 0 radical (unpaired) electrons. The molecule has 1 aromatic carbocycles. The van der Waals surface area contributed by atoms with Gasteiger partial charge < -0.3 is 19.9 Å². The van der Waals surface area contributed by atoms with Crippen molar-refractivity contribution in [3.8, 4) is 0 Å². The Bertz CT molecular complexity index is 761. The molecule has 1 heterocycles. The summed E-state index contributed by atoms with van der Waals surface area (Å²) < 4.78 is 6.69. The highest BCUT2D eigenvalue weighted by Crippen LogP contribution is 2.21. The molecule has 7 nitrogen and oxygen atoms in total. The Morgan fingerprint density at radius 3 is 2.56 bits per heavy atom. The van der Waals surface area contributed by atoms with E-state index in [0.29, 0.717) is 5.82 Å². The van der Waals surface area contributed by atoms with Gasteiger partial charge in [-0.2, -0.15) is 0 Å². The van der Waals surface area contributed by atoms with Crippen LogP contribution in [0.1, 0.15) is 39.6 Å². The normalized spacial score (nSPS) is 12.8. The number of carbonyl (C=O) groups excluding carboxylic acids is 2. The molecule has 0 fully saturated rings. The van der Waals surface area contributed by atoms with Crippen LogP contribution in [0.3, 0.4) is 0 Å². The highest BCUT2D eigenvalue weighted by molar-refractivity contribution is 5.82. The number of imidazole rings is 1. The Kier molecular flexibility index (Phi) is 5.79. The fraction of sp³-hybridized carbons (Fsp3) is 0.500. The van der Waals surface area contributed by atoms with Crippen molar-refractivity contribution < 1.29 is 14.3 Å². The largest absolute Gasteiger partial charge is 0.375 e. The van der Waals surface area contributed by atoms with E-state index in [1.54, 1.807) is 0 Å². The molecular weight excluding hydrogens is 320 g/mol. The molecule has 0 saturated carbocycles. The number of rotatable bonds is 6. The first-order valence-corrected chi connectivity index (χ1v) is 8.25. The van der Waals surface area contributed by atoms with Crippen LogP contribution in [0.25, 0.3) is 11.0 Å². The van der Waals surface area contributed by atoms with Gasteiger partial charge in [0.2, 0.25) is 11.8 Å². The Labute approximate surface area is 147 Å². The van der Waals surface area contributed by atoms with E-state index in [9.17, 15) is 9.59 Å². The monoisotopic (exact) mass is 346 g/mol. The van der Waals surface area contributed by atoms with E-state index in [0.717, 1.165) is 11.0 Å². The third kappa shape index (κ3) is 5.03. The first-order chi connectivity index (χ1) is 11.7. The second kappa shape index (κ2) is 7.65. The number of carbonyl (C=O) groups is 2. The minimum Gasteiger partial charge on any atom is -0.375 e. The van der Waals surface area contributed by atoms with E-state index in [1.807, 2.05) is 56.5 Å². The van der Waals surface area contributed by atoms with Gasteiger partial charge in [0, 0.05) is 12.6 Å². The molecule has 0 saturated heterocycles. The molecule has 2 amide bonds. The summed E-state index contributed by atoms with van der Waals surface area (Å²) in [7, 11) is 1.47. The molecule has 25 heavy (non-hydrogen) atoms. The molecular formula is C18H26N4O3. The van der Waals surface area contributed by atoms with Crippen LogP contribution in [0.2, 0.25) is 0 Å². The molecule has 1 unspecified atom stereocenters. The Morgan fingerprint density at radius 1 is 1.24 bits per heavy atom. The molecule has 0 spiro atoms. The predicted octanol–water partition coefficient (Wildman–Crippen LogP) is 1.77. The summed E-state index contributed by atoms with van der Waals surface area (Å²) >= 11 is 0. The van der Waals surface area contributed by atoms with Gasteiger partial charge in [0.05, 0.1) is 17.1 Å². The summed E-state index contributed by atoms with van der Waals surface area (Å²) in [4.78, 5) is 28.8. The Balaban J connectivity index is 2.32. The first-order valence-electron chi connectivity index (χ1n) is 8.25. The quantitative estimate of drug-likeness (QED) is 0.835. The Hall–Kier alpha value is -2.41. The van der Waals surface area contributed by atoms with Gasteiger partial charge in [-0.3, -0.25) is 9.59 Å². The van der Waals surface area contributed by atoms with Gasteiger partial charge in [-0.25, -0.2) is 4.98 Å². The first kappa shape index (κ1) is 18.9. The second-order valence-electron chi connectivity index (χ2n) is 7.07. The zero-order valence-corrected chi connectivity index (χ0v) is 15.4. The standard InChI is InChI=1S/C18H26N4O3/c1-12(19-16(24)11-25-5)17-20-13-8-6-7-9-14(13)22(17)10-15(23)21-18(2,3)4/h6-9,12H,10-11H2,1-5H3,(H,19,24)(H,21,23). The number of aromatic nitrogens is 2. The van der Waals surface area contributed by atoms with Crippen LogP contribution in [0.5, 0.6) is 0 Å². The van der Waals surface area contributed by atoms with E-state index in [2.05, 4.69) is 15.6 Å². The lowest BCUT2D eigenvalue weighted by Gasteiger charge is -2.22. The molecule has 1 aromatic heterocycles. The van der Waals surface area contributed by atoms with Crippen LogP contribution in [0.4, 0.5) is 0 Å². The number of fused-ring (bicyclic) bond motifs is 1. The summed E-state index contributed by atoms with van der Waals surface area (Å²) in [6.07, 6.45) is 0. The van der Waals surface area contributed by atoms with Crippen molar-refractivity contribution in [3.05, 3.63) is 30.1 Å². The SMILES string of the molecule is COCC(=O)NC(C)c1nc2ccccc2n1CC(=O)NC(C)(C)C. The molecule has 2 rings (SSSR count). The summed E-state index contributed by atoms with van der Waals surface area (Å²) in [5.74, 6) is 0.301. The third-order valence-corrected chi connectivity index (χ3v) is 3.54. The maximum atomic E-state index is 12.4. The minimum absolute atomic E-state index is 0.0188. The van der Waals surface area contributed by atoms with Crippen LogP contribution in [-0.2, 0) is 20.9 Å². The number of nitrogens with zero attached hydrogens (tertiary/aromatic N) is 2. The molecule has 2 aromatic rings. The minimum atomic E-state index is -0.350. The molecule has 1 atom stereocenters. The van der Waals surface area contributed by atoms with Crippen molar-refractivity contribution in [1.29, 1.82) is 0 Å². The number of para-hydroxylation sites is 2. The molecule has 7 heteroatoms. The number of hydrogen-bond acceptors (Lipinski definition) is 4. The second-order valence-corrected chi connectivity index (χ2v) is 7.07. The highest BCUT2D eigenvalue weighted by atomic mass is 16.5. The van der Waals surface area contributed by atoms with E-state index < -0.39 is 0 Å². The van der Waals surface area contributed by atoms with Gasteiger partial charge in [0.1, 0.15) is 19.0 Å². The van der Waals surface area contributed by atoms with Crippen molar-refractivity contribution >= 4 is 22.8 Å². The lowest BCUT2D eigenvalue weighted by atomic mass is 10.1. The lowest BCUT2D eigenvalue weighted by Crippen LogP contribution is -2.42. The fourth-order valence-corrected chi connectivity index (χ4v) is 2.67. The fourth-order valence-electron chi connectivity index (χ4n) is 2.67. The number of hydrogen-bond donors (Lipinski definition) is 2. The smallest absolute Gasteiger partial charge is 0.246 e. The van der Waals surface area contributed by atoms with Crippen LogP contribution in [0.15, 0.2) is 24.3 Å². The van der Waals surface area contributed by atoms with Crippen molar-refractivity contribution in [2.75, 3.05) is 13.7 Å². The lowest BCUT2D eigenvalue weighted by molar-refractivity contribution is -0.125. The molecule has 136 valence electrons. The number of ether oxygens (including phenoxy) is 1. The Morgan fingerprint density at radius 2 is 1.92 bits per heavy atom. The summed E-state index contributed by atoms with van der Waals surface area (Å²) in [6, 6.07) is 7.26. The molecule has 0 aliphatic rings. The number of benzene rings is 1. The maximum absolute atomic E-state index is 12.4. The van der Waals surface area contributed by atoms with E-state index in [1.165, 1.54) is 7.11 Å². The van der Waals surface area contributed by atoms with Gasteiger partial charge >= 0.3 is 0 Å². The van der Waals surface area contributed by atoms with Crippen molar-refractivity contribution in [2.24, 2.45) is 0 Å². The predicted molar refractivity (Wildman–Crippen MR) is 96.1 cm³/mol. The average Bonchev–Trinajstić information content (AvgIpc) is 2.84. The van der Waals surface area contributed by atoms with Crippen molar-refractivity contribution in [2.45, 2.75) is 45.8 Å². The van der Waals surface area contributed by atoms with Gasteiger partial charge in [-0.15, -0.1) is 0 Å². The van der Waals surface area contributed by atoms with Crippen LogP contribution >= 0.6 is 0 Å².